The summed E-state index contributed by atoms with van der Waals surface area (Å²) in [5, 5.41) is 0. The molecule has 0 aromatic rings. The van der Waals surface area contributed by atoms with Crippen LogP contribution in [-0.2, 0) is 14.3 Å². The van der Waals surface area contributed by atoms with E-state index in [2.05, 4.69) is 10.5 Å². The van der Waals surface area contributed by atoms with Gasteiger partial charge in [-0.3, -0.25) is 9.59 Å². The van der Waals surface area contributed by atoms with Gasteiger partial charge in [0.05, 0.1) is 6.61 Å². The molecule has 0 aromatic carbocycles. The predicted molar refractivity (Wildman–Crippen MR) is 53.8 cm³/mol. The Labute approximate surface area is 84.4 Å². The van der Waals surface area contributed by atoms with Crippen molar-refractivity contribution >= 4 is 11.8 Å². The van der Waals surface area contributed by atoms with E-state index in [1.807, 2.05) is 6.92 Å². The van der Waals surface area contributed by atoms with Gasteiger partial charge in [0.1, 0.15) is 12.2 Å². The number of rotatable bonds is 6. The van der Waals surface area contributed by atoms with Gasteiger partial charge in [-0.15, -0.1) is 5.73 Å². The summed E-state index contributed by atoms with van der Waals surface area (Å²) < 4.78 is 4.65. The van der Waals surface area contributed by atoms with Gasteiger partial charge in [0.15, 0.2) is 0 Å². The van der Waals surface area contributed by atoms with Crippen LogP contribution < -0.4 is 0 Å². The summed E-state index contributed by atoms with van der Waals surface area (Å²) in [6.07, 6.45) is 4.44. The highest BCUT2D eigenvalue weighted by Crippen LogP contribution is 1.97. The summed E-state index contributed by atoms with van der Waals surface area (Å²) in [5.74, 6) is -0.523. The Kier molecular flexibility index (Phi) is 7.48. The Bertz CT molecular complexity index is 247. The lowest BCUT2D eigenvalue weighted by molar-refractivity contribution is -0.145. The van der Waals surface area contributed by atoms with Crippen molar-refractivity contribution in [2.75, 3.05) is 6.61 Å². The first-order chi connectivity index (χ1) is 6.70. The zero-order valence-corrected chi connectivity index (χ0v) is 8.71. The highest BCUT2D eigenvalue weighted by molar-refractivity contribution is 5.95. The van der Waals surface area contributed by atoms with Crippen LogP contribution in [0.3, 0.4) is 0 Å². The fourth-order valence-corrected chi connectivity index (χ4v) is 0.896. The minimum atomic E-state index is -0.437. The SMILES string of the molecule is CC=C=CCCC(=O)CC(=O)OCC. The molecule has 0 spiro atoms. The van der Waals surface area contributed by atoms with Gasteiger partial charge in [0, 0.05) is 6.42 Å². The van der Waals surface area contributed by atoms with E-state index in [1.165, 1.54) is 0 Å². The van der Waals surface area contributed by atoms with Gasteiger partial charge in [-0.05, 0) is 32.4 Å². The summed E-state index contributed by atoms with van der Waals surface area (Å²) >= 11 is 0. The lowest BCUT2D eigenvalue weighted by Crippen LogP contribution is -2.10. The largest absolute Gasteiger partial charge is 0.466 e. The highest BCUT2D eigenvalue weighted by Gasteiger charge is 2.08. The smallest absolute Gasteiger partial charge is 0.313 e. The molecular weight excluding hydrogens is 180 g/mol. The third-order valence-corrected chi connectivity index (χ3v) is 1.50. The molecule has 0 aliphatic rings. The molecule has 0 heterocycles. The van der Waals surface area contributed by atoms with Gasteiger partial charge in [-0.2, -0.15) is 0 Å². The summed E-state index contributed by atoms with van der Waals surface area (Å²) in [4.78, 5) is 22.0. The molecule has 0 fully saturated rings. The van der Waals surface area contributed by atoms with Crippen LogP contribution >= 0.6 is 0 Å². The molecule has 14 heavy (non-hydrogen) atoms. The van der Waals surface area contributed by atoms with E-state index in [0.717, 1.165) is 0 Å². The van der Waals surface area contributed by atoms with Crippen LogP contribution in [0.2, 0.25) is 0 Å². The van der Waals surface area contributed by atoms with Crippen molar-refractivity contribution in [3.8, 4) is 0 Å². The molecule has 0 saturated heterocycles. The van der Waals surface area contributed by atoms with E-state index in [-0.39, 0.29) is 12.2 Å². The number of carbonyl (C=O) groups is 2. The number of carbonyl (C=O) groups excluding carboxylic acids is 2. The standard InChI is InChI=1S/C11H16O3/c1-3-5-6-7-8-10(12)9-11(13)14-4-2/h3,6H,4,7-9H2,1-2H3. The maximum atomic E-state index is 11.1. The van der Waals surface area contributed by atoms with Crippen LogP contribution in [0, 0.1) is 0 Å². The number of allylic oxidation sites excluding steroid dienone is 1. The molecule has 3 nitrogen and oxygen atoms in total. The molecule has 0 N–H and O–H groups in total. The first-order valence-electron chi connectivity index (χ1n) is 4.73. The van der Waals surface area contributed by atoms with Crippen LogP contribution in [0.25, 0.3) is 0 Å². The number of Topliss-reactive ketones (excluding diaryl/α,β-unsaturated/α-hetero) is 1. The Morgan fingerprint density at radius 3 is 2.71 bits per heavy atom. The number of hydrogen-bond donors (Lipinski definition) is 0. The van der Waals surface area contributed by atoms with Crippen molar-refractivity contribution in [1.82, 2.24) is 0 Å². The number of esters is 1. The predicted octanol–water partition coefficient (Wildman–Crippen LogP) is 2.02. The lowest BCUT2D eigenvalue weighted by Gasteiger charge is -1.99. The Hall–Kier alpha value is -1.34. The van der Waals surface area contributed by atoms with E-state index in [9.17, 15) is 9.59 Å². The minimum Gasteiger partial charge on any atom is -0.466 e. The average molecular weight is 196 g/mol. The molecular formula is C11H16O3. The molecule has 0 aromatic heterocycles. The lowest BCUT2D eigenvalue weighted by atomic mass is 10.1. The molecule has 3 heteroatoms. The summed E-state index contributed by atoms with van der Waals surface area (Å²) in [6, 6.07) is 0. The topological polar surface area (TPSA) is 43.4 Å². The van der Waals surface area contributed by atoms with E-state index < -0.39 is 5.97 Å². The quantitative estimate of drug-likeness (QED) is 0.371. The van der Waals surface area contributed by atoms with Crippen LogP contribution in [0.15, 0.2) is 17.9 Å². The second-order valence-electron chi connectivity index (χ2n) is 2.72. The molecule has 0 aliphatic heterocycles. The summed E-state index contributed by atoms with van der Waals surface area (Å²) in [7, 11) is 0. The fraction of sp³-hybridized carbons (Fsp3) is 0.545. The van der Waals surface area contributed by atoms with E-state index in [0.29, 0.717) is 19.4 Å². The van der Waals surface area contributed by atoms with E-state index in [1.54, 1.807) is 19.1 Å². The van der Waals surface area contributed by atoms with Crippen molar-refractivity contribution in [2.24, 2.45) is 0 Å². The van der Waals surface area contributed by atoms with Crippen LogP contribution in [-0.4, -0.2) is 18.4 Å². The number of hydrogen-bond acceptors (Lipinski definition) is 3. The summed E-state index contributed by atoms with van der Waals surface area (Å²) in [6.45, 7) is 3.90. The third kappa shape index (κ3) is 7.32. The monoisotopic (exact) mass is 196 g/mol. The highest BCUT2D eigenvalue weighted by atomic mass is 16.5. The van der Waals surface area contributed by atoms with Gasteiger partial charge < -0.3 is 4.74 Å². The molecule has 0 radical (unpaired) electrons. The van der Waals surface area contributed by atoms with Gasteiger partial charge in [0.2, 0.25) is 0 Å². The zero-order valence-electron chi connectivity index (χ0n) is 8.71. The fourth-order valence-electron chi connectivity index (χ4n) is 0.896. The molecule has 0 atom stereocenters. The van der Waals surface area contributed by atoms with Crippen molar-refractivity contribution in [1.29, 1.82) is 0 Å². The van der Waals surface area contributed by atoms with Gasteiger partial charge in [0.25, 0.3) is 0 Å². The number of ether oxygens (including phenoxy) is 1. The Morgan fingerprint density at radius 2 is 2.14 bits per heavy atom. The first-order valence-corrected chi connectivity index (χ1v) is 4.73. The second kappa shape index (κ2) is 8.27. The average Bonchev–Trinajstić information content (AvgIpc) is 2.13. The minimum absolute atomic E-state index is 0.0856. The van der Waals surface area contributed by atoms with Crippen LogP contribution in [0.4, 0.5) is 0 Å². The van der Waals surface area contributed by atoms with Gasteiger partial charge in [-0.1, -0.05) is 0 Å². The summed E-state index contributed by atoms with van der Waals surface area (Å²) in [5.41, 5.74) is 2.86. The van der Waals surface area contributed by atoms with Crippen LogP contribution in [0.1, 0.15) is 33.1 Å². The van der Waals surface area contributed by atoms with Gasteiger partial charge in [-0.25, -0.2) is 0 Å². The maximum absolute atomic E-state index is 11.1. The van der Waals surface area contributed by atoms with Crippen LogP contribution in [0.5, 0.6) is 0 Å². The molecule has 0 saturated carbocycles. The normalized spacial score (nSPS) is 8.71. The molecule has 0 bridgehead atoms. The second-order valence-corrected chi connectivity index (χ2v) is 2.72. The zero-order chi connectivity index (χ0) is 10.8. The van der Waals surface area contributed by atoms with Crippen molar-refractivity contribution in [3.05, 3.63) is 17.9 Å². The molecule has 78 valence electrons. The van der Waals surface area contributed by atoms with Crippen molar-refractivity contribution in [2.45, 2.75) is 33.1 Å². The Morgan fingerprint density at radius 1 is 1.43 bits per heavy atom. The van der Waals surface area contributed by atoms with Gasteiger partial charge >= 0.3 is 5.97 Å². The Balaban J connectivity index is 3.65. The maximum Gasteiger partial charge on any atom is 0.313 e. The van der Waals surface area contributed by atoms with Crippen molar-refractivity contribution in [3.63, 3.8) is 0 Å². The molecule has 0 rings (SSSR count). The third-order valence-electron chi connectivity index (χ3n) is 1.50. The molecule has 0 amide bonds. The van der Waals surface area contributed by atoms with E-state index in [4.69, 9.17) is 0 Å². The van der Waals surface area contributed by atoms with E-state index >= 15 is 0 Å². The molecule has 0 unspecified atom stereocenters. The van der Waals surface area contributed by atoms with Crippen molar-refractivity contribution < 1.29 is 14.3 Å². The number of ketones is 1. The first kappa shape index (κ1) is 12.7. The molecule has 0 aliphatic carbocycles.